The molecule has 11 aromatic rings. The van der Waals surface area contributed by atoms with Crippen molar-refractivity contribution in [3.63, 3.8) is 0 Å². The average Bonchev–Trinajstić information content (AvgIpc) is 3.91. The Kier molecular flexibility index (Phi) is 6.39. The van der Waals surface area contributed by atoms with E-state index in [2.05, 4.69) is 138 Å². The number of fused-ring (bicyclic) bond motifs is 8. The number of hydrogen-bond acceptors (Lipinski definition) is 5. The van der Waals surface area contributed by atoms with E-state index in [0.717, 1.165) is 61.2 Å². The van der Waals surface area contributed by atoms with E-state index >= 15 is 0 Å². The first kappa shape index (κ1) is 29.1. The van der Waals surface area contributed by atoms with Crippen LogP contribution in [0.4, 0.5) is 17.1 Å². The molecule has 0 aliphatic heterocycles. The number of rotatable bonds is 5. The summed E-state index contributed by atoms with van der Waals surface area (Å²) in [5.41, 5.74) is 9.63. The molecule has 0 aliphatic rings. The van der Waals surface area contributed by atoms with Crippen LogP contribution in [-0.4, -0.2) is 4.98 Å². The van der Waals surface area contributed by atoms with Crippen molar-refractivity contribution in [1.82, 2.24) is 4.98 Å². The number of hydrogen-bond donors (Lipinski definition) is 0. The SMILES string of the molecule is c1cc(-c2cccc3ccccc23)cc(N(c2ccc3c(c2)oc2cccc(-c4nc5ccccc5o4)c23)c2ccc3c(c2)sc2ccccc23)c1. The number of furan rings is 1. The first-order chi connectivity index (χ1) is 25.7. The third kappa shape index (κ3) is 4.57. The lowest BCUT2D eigenvalue weighted by molar-refractivity contribution is 0.620. The van der Waals surface area contributed by atoms with Gasteiger partial charge in [-0.05, 0) is 88.6 Å². The van der Waals surface area contributed by atoms with Crippen LogP contribution in [0.2, 0.25) is 0 Å². The molecule has 0 atom stereocenters. The first-order valence-electron chi connectivity index (χ1n) is 17.4. The molecule has 11 rings (SSSR count). The highest BCUT2D eigenvalue weighted by Gasteiger charge is 2.20. The zero-order chi connectivity index (χ0) is 34.2. The van der Waals surface area contributed by atoms with Crippen molar-refractivity contribution in [2.24, 2.45) is 0 Å². The summed E-state index contributed by atoms with van der Waals surface area (Å²) < 4.78 is 15.4. The van der Waals surface area contributed by atoms with Crippen molar-refractivity contribution in [2.75, 3.05) is 4.90 Å². The van der Waals surface area contributed by atoms with E-state index in [1.807, 2.05) is 47.7 Å². The van der Waals surface area contributed by atoms with Crippen LogP contribution in [0.5, 0.6) is 0 Å². The third-order valence-electron chi connectivity index (χ3n) is 10.1. The molecule has 4 nitrogen and oxygen atoms in total. The lowest BCUT2D eigenvalue weighted by Crippen LogP contribution is -2.09. The van der Waals surface area contributed by atoms with Crippen LogP contribution < -0.4 is 4.90 Å². The summed E-state index contributed by atoms with van der Waals surface area (Å²) in [6.45, 7) is 0. The standard InChI is InChI=1S/C47H28N2O2S/c1-2-14-34-29(10-1)11-8-16-35(34)30-12-7-13-31(26-30)49(33-22-24-37-36-15-3-6-21-44(36)52-45(37)28-33)32-23-25-38-43(27-32)50-42-20-9-17-39(46(38)42)47-48-40-18-4-5-19-41(40)51-47/h1-28H. The summed E-state index contributed by atoms with van der Waals surface area (Å²) in [6.07, 6.45) is 0. The quantitative estimate of drug-likeness (QED) is 0.181. The summed E-state index contributed by atoms with van der Waals surface area (Å²) >= 11 is 1.83. The van der Waals surface area contributed by atoms with Crippen molar-refractivity contribution in [1.29, 1.82) is 0 Å². The molecule has 52 heavy (non-hydrogen) atoms. The number of thiophene rings is 1. The van der Waals surface area contributed by atoms with Crippen molar-refractivity contribution in [3.05, 3.63) is 170 Å². The fourth-order valence-corrected chi connectivity index (χ4v) is 8.85. The largest absolute Gasteiger partial charge is 0.456 e. The number of oxazole rings is 1. The van der Waals surface area contributed by atoms with Crippen molar-refractivity contribution >= 4 is 92.4 Å². The van der Waals surface area contributed by atoms with Crippen molar-refractivity contribution in [2.45, 2.75) is 0 Å². The highest BCUT2D eigenvalue weighted by Crippen LogP contribution is 2.44. The van der Waals surface area contributed by atoms with Gasteiger partial charge in [-0.15, -0.1) is 11.3 Å². The normalized spacial score (nSPS) is 11.8. The topological polar surface area (TPSA) is 42.4 Å². The van der Waals surface area contributed by atoms with Gasteiger partial charge in [0.2, 0.25) is 5.89 Å². The minimum Gasteiger partial charge on any atom is -0.456 e. The molecule has 0 unspecified atom stereocenters. The molecule has 5 heteroatoms. The van der Waals surface area contributed by atoms with Gasteiger partial charge in [0.25, 0.3) is 0 Å². The maximum absolute atomic E-state index is 6.61. The van der Waals surface area contributed by atoms with Crippen molar-refractivity contribution in [3.8, 4) is 22.6 Å². The molecule has 0 saturated carbocycles. The molecule has 0 amide bonds. The lowest BCUT2D eigenvalue weighted by Gasteiger charge is -2.26. The van der Waals surface area contributed by atoms with E-state index < -0.39 is 0 Å². The Labute approximate surface area is 302 Å². The molecule has 244 valence electrons. The Morgan fingerprint density at radius 2 is 1.13 bits per heavy atom. The number of nitrogens with zero attached hydrogens (tertiary/aromatic N) is 2. The molecular formula is C47H28N2O2S. The Balaban J connectivity index is 1.11. The smallest absolute Gasteiger partial charge is 0.228 e. The zero-order valence-corrected chi connectivity index (χ0v) is 28.6. The summed E-state index contributed by atoms with van der Waals surface area (Å²) in [7, 11) is 0. The lowest BCUT2D eigenvalue weighted by atomic mass is 9.97. The van der Waals surface area contributed by atoms with E-state index in [1.165, 1.54) is 36.5 Å². The van der Waals surface area contributed by atoms with Gasteiger partial charge >= 0.3 is 0 Å². The van der Waals surface area contributed by atoms with E-state index in [-0.39, 0.29) is 0 Å². The van der Waals surface area contributed by atoms with E-state index in [1.54, 1.807) is 0 Å². The van der Waals surface area contributed by atoms with Crippen LogP contribution in [0, 0.1) is 0 Å². The van der Waals surface area contributed by atoms with Crippen LogP contribution in [-0.2, 0) is 0 Å². The second kappa shape index (κ2) is 11.4. The number of aromatic nitrogens is 1. The van der Waals surface area contributed by atoms with Gasteiger partial charge < -0.3 is 13.7 Å². The minimum absolute atomic E-state index is 0.585. The molecular weight excluding hydrogens is 657 g/mol. The van der Waals surface area contributed by atoms with Crippen LogP contribution in [0.1, 0.15) is 0 Å². The van der Waals surface area contributed by atoms with Gasteiger partial charge in [-0.2, -0.15) is 0 Å². The van der Waals surface area contributed by atoms with Gasteiger partial charge in [0.05, 0.1) is 0 Å². The monoisotopic (exact) mass is 684 g/mol. The third-order valence-corrected chi connectivity index (χ3v) is 11.2. The highest BCUT2D eigenvalue weighted by atomic mass is 32.1. The number of anilines is 3. The number of benzene rings is 8. The molecule has 8 aromatic carbocycles. The summed E-state index contributed by atoms with van der Waals surface area (Å²) in [5, 5.41) is 7.03. The van der Waals surface area contributed by atoms with Crippen LogP contribution in [0.25, 0.3) is 86.6 Å². The van der Waals surface area contributed by atoms with Crippen molar-refractivity contribution < 1.29 is 8.83 Å². The molecule has 0 bridgehead atoms. The van der Waals surface area contributed by atoms with Gasteiger partial charge in [-0.3, -0.25) is 0 Å². The molecule has 0 N–H and O–H groups in total. The molecule has 3 heterocycles. The van der Waals surface area contributed by atoms with Gasteiger partial charge in [0.1, 0.15) is 16.7 Å². The second-order valence-corrected chi connectivity index (χ2v) is 14.2. The average molecular weight is 685 g/mol. The maximum atomic E-state index is 6.61. The van der Waals surface area contributed by atoms with E-state index in [0.29, 0.717) is 5.89 Å². The molecule has 0 radical (unpaired) electrons. The fourth-order valence-electron chi connectivity index (χ4n) is 7.71. The van der Waals surface area contributed by atoms with Crippen LogP contribution in [0.3, 0.4) is 0 Å². The summed E-state index contributed by atoms with van der Waals surface area (Å²) in [4.78, 5) is 7.16. The zero-order valence-electron chi connectivity index (χ0n) is 27.8. The summed E-state index contributed by atoms with van der Waals surface area (Å²) in [5.74, 6) is 0.585. The molecule has 0 fully saturated rings. The Bertz CT molecular complexity index is 3130. The van der Waals surface area contributed by atoms with Crippen LogP contribution >= 0.6 is 11.3 Å². The summed E-state index contributed by atoms with van der Waals surface area (Å²) in [6, 6.07) is 59.9. The molecule has 0 aliphatic carbocycles. The van der Waals surface area contributed by atoms with Gasteiger partial charge in [0, 0.05) is 59.6 Å². The Morgan fingerprint density at radius 3 is 2.08 bits per heavy atom. The van der Waals surface area contributed by atoms with Gasteiger partial charge in [-0.25, -0.2) is 4.98 Å². The predicted octanol–water partition coefficient (Wildman–Crippen LogP) is 14.1. The molecule has 0 saturated heterocycles. The highest BCUT2D eigenvalue weighted by molar-refractivity contribution is 7.25. The first-order valence-corrected chi connectivity index (χ1v) is 18.2. The second-order valence-electron chi connectivity index (χ2n) is 13.1. The minimum atomic E-state index is 0.585. The Morgan fingerprint density at radius 1 is 0.442 bits per heavy atom. The Hall–Kier alpha value is -6.69. The van der Waals surface area contributed by atoms with Crippen LogP contribution in [0.15, 0.2) is 179 Å². The van der Waals surface area contributed by atoms with E-state index in [9.17, 15) is 0 Å². The number of para-hydroxylation sites is 2. The molecule has 3 aromatic heterocycles. The fraction of sp³-hybridized carbons (Fsp3) is 0. The van der Waals surface area contributed by atoms with E-state index in [4.69, 9.17) is 13.8 Å². The molecule has 0 spiro atoms. The maximum Gasteiger partial charge on any atom is 0.228 e. The van der Waals surface area contributed by atoms with Gasteiger partial charge in [0.15, 0.2) is 5.58 Å². The van der Waals surface area contributed by atoms with Gasteiger partial charge in [-0.1, -0.05) is 97.1 Å². The predicted molar refractivity (Wildman–Crippen MR) is 217 cm³/mol.